The van der Waals surface area contributed by atoms with Gasteiger partial charge in [-0.05, 0) is 118 Å². The van der Waals surface area contributed by atoms with Gasteiger partial charge in [-0.15, -0.1) is 0 Å². The Morgan fingerprint density at radius 3 is 2.13 bits per heavy atom. The van der Waals surface area contributed by atoms with Crippen LogP contribution >= 0.6 is 0 Å². The minimum atomic E-state index is -1.68. The lowest BCUT2D eigenvalue weighted by Gasteiger charge is -2.71. The zero-order valence-corrected chi connectivity index (χ0v) is 34.3. The van der Waals surface area contributed by atoms with Gasteiger partial charge in [0.25, 0.3) is 0 Å². The summed E-state index contributed by atoms with van der Waals surface area (Å²) >= 11 is 0. The van der Waals surface area contributed by atoms with Crippen LogP contribution in [0.3, 0.4) is 0 Å². The van der Waals surface area contributed by atoms with Gasteiger partial charge in [0.2, 0.25) is 0 Å². The third-order valence-electron chi connectivity index (χ3n) is 16.9. The van der Waals surface area contributed by atoms with Gasteiger partial charge in [-0.2, -0.15) is 0 Å². The lowest BCUT2D eigenvalue weighted by atomic mass is 9.34. The quantitative estimate of drug-likeness (QED) is 0.145. The van der Waals surface area contributed by atoms with Crippen LogP contribution in [0.1, 0.15) is 113 Å². The summed E-state index contributed by atoms with van der Waals surface area (Å²) < 4.78 is 25.1. The summed E-state index contributed by atoms with van der Waals surface area (Å²) in [6.45, 7) is 16.1. The van der Waals surface area contributed by atoms with E-state index in [1.54, 1.807) is 0 Å². The summed E-state index contributed by atoms with van der Waals surface area (Å²) in [4.78, 5) is 0. The van der Waals surface area contributed by atoms with E-state index in [4.69, 9.17) is 18.9 Å². The Labute approximate surface area is 327 Å². The van der Waals surface area contributed by atoms with Crippen molar-refractivity contribution in [3.05, 3.63) is 11.6 Å². The fourth-order valence-electron chi connectivity index (χ4n) is 13.3. The molecule has 0 aromatic rings. The number of hydrogen-bond acceptors (Lipinski definition) is 13. The molecule has 6 fully saturated rings. The average molecular weight is 785 g/mol. The van der Waals surface area contributed by atoms with E-state index in [0.717, 1.165) is 44.1 Å². The first-order valence-corrected chi connectivity index (χ1v) is 20.9. The van der Waals surface area contributed by atoms with E-state index < -0.39 is 91.2 Å². The van der Waals surface area contributed by atoms with Crippen molar-refractivity contribution in [2.45, 2.75) is 192 Å². The highest BCUT2D eigenvalue weighted by Gasteiger charge is 2.72. The van der Waals surface area contributed by atoms with Crippen molar-refractivity contribution in [3.63, 3.8) is 0 Å². The van der Waals surface area contributed by atoms with Gasteiger partial charge in [0.1, 0.15) is 42.7 Å². The van der Waals surface area contributed by atoms with Gasteiger partial charge in [-0.1, -0.05) is 46.3 Å². The molecule has 9 N–H and O–H groups in total. The Kier molecular flexibility index (Phi) is 12.5. The maximum absolute atomic E-state index is 12.4. The highest BCUT2D eigenvalue weighted by atomic mass is 16.8. The van der Waals surface area contributed by atoms with Gasteiger partial charge in [-0.25, -0.2) is 0 Å². The second-order valence-corrected chi connectivity index (χ2v) is 19.9. The molecule has 318 valence electrons. The molecule has 0 radical (unpaired) electrons. The molecule has 0 bridgehead atoms. The number of aliphatic hydroxyl groups excluding tert-OH is 9. The van der Waals surface area contributed by atoms with Crippen LogP contribution in [-0.2, 0) is 18.9 Å². The van der Waals surface area contributed by atoms with Crippen LogP contribution in [0.2, 0.25) is 0 Å². The summed E-state index contributed by atoms with van der Waals surface area (Å²) in [6, 6.07) is 0. The Morgan fingerprint density at radius 1 is 0.782 bits per heavy atom. The molecule has 13 nitrogen and oxygen atoms in total. The van der Waals surface area contributed by atoms with E-state index in [0.29, 0.717) is 19.3 Å². The number of aliphatic hydroxyl groups is 9. The maximum atomic E-state index is 12.4. The normalized spacial score (nSPS) is 52.5. The molecule has 2 heterocycles. The van der Waals surface area contributed by atoms with E-state index >= 15 is 0 Å². The number of hydrogen-bond donors (Lipinski definition) is 9. The van der Waals surface area contributed by atoms with Crippen molar-refractivity contribution in [3.8, 4) is 0 Å². The predicted molar refractivity (Wildman–Crippen MR) is 201 cm³/mol. The molecule has 20 unspecified atom stereocenters. The Hall–Kier alpha value is -0.780. The third kappa shape index (κ3) is 7.00. The van der Waals surface area contributed by atoms with Gasteiger partial charge < -0.3 is 64.9 Å². The van der Waals surface area contributed by atoms with Crippen molar-refractivity contribution in [1.29, 1.82) is 0 Å². The molecule has 0 aromatic heterocycles. The summed E-state index contributed by atoms with van der Waals surface area (Å²) in [5.74, 6) is 0.522. The Balaban J connectivity index is 1.34. The minimum absolute atomic E-state index is 0.0428. The van der Waals surface area contributed by atoms with Gasteiger partial charge in [0.05, 0.1) is 37.1 Å². The lowest BCUT2D eigenvalue weighted by Crippen LogP contribution is -2.69. The highest BCUT2D eigenvalue weighted by molar-refractivity contribution is 5.21. The summed E-state index contributed by atoms with van der Waals surface area (Å²) in [5.41, 5.74) is -1.16. The van der Waals surface area contributed by atoms with E-state index in [1.807, 2.05) is 19.9 Å². The standard InChI is InChI=1S/C42H72O13/c1-21(19-43)10-9-15-41(7,55-37-35(33(50)31(48)25(20-44)53-37)54-36-34(51)32(49)30(47)22(2)52-36)24-13-17-40(6)23(24)11-12-26-39(5)16-14-28(45)38(3,4)27(39)18-29(46)42(26,40)8/h10,22-37,43-51H,9,11-20H2,1-8H3/b21-10+. The second-order valence-electron chi connectivity index (χ2n) is 19.9. The fraction of sp³-hybridized carbons (Fsp3) is 0.952. The van der Waals surface area contributed by atoms with Crippen molar-refractivity contribution < 1.29 is 64.9 Å². The van der Waals surface area contributed by atoms with E-state index in [9.17, 15) is 46.0 Å². The zero-order chi connectivity index (χ0) is 40.6. The molecule has 20 atom stereocenters. The first-order valence-electron chi connectivity index (χ1n) is 20.9. The molecule has 6 rings (SSSR count). The van der Waals surface area contributed by atoms with Crippen LogP contribution in [0.4, 0.5) is 0 Å². The van der Waals surface area contributed by atoms with Crippen LogP contribution in [0.15, 0.2) is 11.6 Å². The first-order chi connectivity index (χ1) is 25.6. The molecule has 0 aromatic carbocycles. The average Bonchev–Trinajstić information content (AvgIpc) is 3.51. The van der Waals surface area contributed by atoms with Crippen LogP contribution in [0.5, 0.6) is 0 Å². The van der Waals surface area contributed by atoms with Crippen LogP contribution < -0.4 is 0 Å². The van der Waals surface area contributed by atoms with Crippen molar-refractivity contribution in [2.24, 2.45) is 45.3 Å². The smallest absolute Gasteiger partial charge is 0.187 e. The predicted octanol–water partition coefficient (Wildman–Crippen LogP) is 2.15. The van der Waals surface area contributed by atoms with Gasteiger partial charge >= 0.3 is 0 Å². The monoisotopic (exact) mass is 784 g/mol. The molecule has 4 aliphatic carbocycles. The largest absolute Gasteiger partial charge is 0.394 e. The molecule has 2 saturated heterocycles. The number of allylic oxidation sites excluding steroid dienone is 1. The topological polar surface area (TPSA) is 219 Å². The summed E-state index contributed by atoms with van der Waals surface area (Å²) in [6.07, 6.45) is -6.42. The fourth-order valence-corrected chi connectivity index (χ4v) is 13.3. The molecular weight excluding hydrogens is 712 g/mol. The second kappa shape index (κ2) is 15.7. The number of fused-ring (bicyclic) bond motifs is 5. The molecule has 55 heavy (non-hydrogen) atoms. The summed E-state index contributed by atoms with van der Waals surface area (Å²) in [7, 11) is 0. The van der Waals surface area contributed by atoms with E-state index in [1.165, 1.54) is 6.92 Å². The van der Waals surface area contributed by atoms with Gasteiger partial charge in [0, 0.05) is 5.41 Å². The minimum Gasteiger partial charge on any atom is -0.394 e. The van der Waals surface area contributed by atoms with E-state index in [2.05, 4.69) is 34.6 Å². The number of ether oxygens (including phenoxy) is 4. The van der Waals surface area contributed by atoms with Crippen molar-refractivity contribution >= 4 is 0 Å². The maximum Gasteiger partial charge on any atom is 0.187 e. The van der Waals surface area contributed by atoms with Crippen LogP contribution in [0.25, 0.3) is 0 Å². The molecule has 0 spiro atoms. The molecule has 4 saturated carbocycles. The molecule has 6 aliphatic rings. The molecule has 13 heteroatoms. The molecule has 2 aliphatic heterocycles. The Morgan fingerprint density at radius 2 is 1.47 bits per heavy atom. The van der Waals surface area contributed by atoms with Gasteiger partial charge in [-0.3, -0.25) is 0 Å². The SMILES string of the molecule is C/C(=C\CCC(C)(OC1OC(CO)C(O)C(O)C1OC1OC(C)C(O)C(O)C1O)C1CCC2(C)C1CCC1C3(C)CCC(O)C(C)(C)C3CC(O)C12C)CO. The molecular formula is C42H72O13. The van der Waals surface area contributed by atoms with Crippen LogP contribution in [0, 0.1) is 45.3 Å². The summed E-state index contributed by atoms with van der Waals surface area (Å²) in [5, 5.41) is 97.6. The van der Waals surface area contributed by atoms with Crippen LogP contribution in [-0.4, -0.2) is 138 Å². The third-order valence-corrected chi connectivity index (χ3v) is 16.9. The Bertz CT molecular complexity index is 1380. The van der Waals surface area contributed by atoms with Crippen molar-refractivity contribution in [2.75, 3.05) is 13.2 Å². The zero-order valence-electron chi connectivity index (χ0n) is 34.3. The van der Waals surface area contributed by atoms with Gasteiger partial charge in [0.15, 0.2) is 12.6 Å². The molecule has 0 amide bonds. The van der Waals surface area contributed by atoms with E-state index in [-0.39, 0.29) is 46.5 Å². The number of rotatable bonds is 10. The lowest BCUT2D eigenvalue weighted by molar-refractivity contribution is -0.379. The highest BCUT2D eigenvalue weighted by Crippen LogP contribution is 2.76. The van der Waals surface area contributed by atoms with Crippen molar-refractivity contribution in [1.82, 2.24) is 0 Å². The first kappa shape index (κ1) is 43.8.